The SMILES string of the molecule is CC(C)(C)c1cc(NC(=O)CCNc2ccccc2[N+](=O)[O-])n(C(C)(C)C)n1. The van der Waals surface area contributed by atoms with Crippen LogP contribution in [0, 0.1) is 10.1 Å². The van der Waals surface area contributed by atoms with Gasteiger partial charge in [-0.3, -0.25) is 14.9 Å². The van der Waals surface area contributed by atoms with Gasteiger partial charge in [0.05, 0.1) is 16.2 Å². The lowest BCUT2D eigenvalue weighted by atomic mass is 9.92. The first-order chi connectivity index (χ1) is 12.9. The summed E-state index contributed by atoms with van der Waals surface area (Å²) in [5, 5.41) is 21.6. The van der Waals surface area contributed by atoms with Crippen LogP contribution < -0.4 is 10.6 Å². The maximum Gasteiger partial charge on any atom is 0.292 e. The van der Waals surface area contributed by atoms with Crippen LogP contribution in [0.4, 0.5) is 17.2 Å². The lowest BCUT2D eigenvalue weighted by Gasteiger charge is -2.23. The van der Waals surface area contributed by atoms with Crippen molar-refractivity contribution in [3.63, 3.8) is 0 Å². The number of carbonyl (C=O) groups is 1. The van der Waals surface area contributed by atoms with Crippen LogP contribution in [0.15, 0.2) is 30.3 Å². The summed E-state index contributed by atoms with van der Waals surface area (Å²) in [7, 11) is 0. The normalized spacial score (nSPS) is 11.9. The van der Waals surface area contributed by atoms with E-state index in [2.05, 4.69) is 36.5 Å². The molecule has 0 bridgehead atoms. The number of nitro benzene ring substituents is 1. The molecule has 2 rings (SSSR count). The summed E-state index contributed by atoms with van der Waals surface area (Å²) in [5.41, 5.74) is 0.869. The lowest BCUT2D eigenvalue weighted by molar-refractivity contribution is -0.384. The quantitative estimate of drug-likeness (QED) is 0.569. The number of nitro groups is 1. The minimum absolute atomic E-state index is 0.0106. The summed E-state index contributed by atoms with van der Waals surface area (Å²) in [5.74, 6) is 0.463. The van der Waals surface area contributed by atoms with E-state index in [-0.39, 0.29) is 35.5 Å². The predicted octanol–water partition coefficient (Wildman–Crippen LogP) is 4.28. The maximum absolute atomic E-state index is 12.4. The maximum atomic E-state index is 12.4. The molecule has 0 atom stereocenters. The summed E-state index contributed by atoms with van der Waals surface area (Å²) >= 11 is 0. The minimum atomic E-state index is -0.446. The number of aromatic nitrogens is 2. The number of anilines is 2. The van der Waals surface area contributed by atoms with Crippen molar-refractivity contribution in [2.75, 3.05) is 17.2 Å². The Bertz CT molecular complexity index is 859. The standard InChI is InChI=1S/C20H29N5O3/c1-19(2,3)16-13-17(24(23-16)20(4,5)6)22-18(26)11-12-21-14-9-7-8-10-15(14)25(27)28/h7-10,13,21H,11-12H2,1-6H3,(H,22,26). The number of amides is 1. The second kappa shape index (κ2) is 8.00. The first-order valence-electron chi connectivity index (χ1n) is 9.28. The molecule has 0 aliphatic heterocycles. The second-order valence-corrected chi connectivity index (χ2v) is 8.75. The molecule has 0 radical (unpaired) electrons. The van der Waals surface area contributed by atoms with Gasteiger partial charge in [0.1, 0.15) is 11.5 Å². The highest BCUT2D eigenvalue weighted by Crippen LogP contribution is 2.28. The molecule has 0 aliphatic carbocycles. The lowest BCUT2D eigenvalue weighted by Crippen LogP contribution is -2.27. The Labute approximate surface area is 165 Å². The van der Waals surface area contributed by atoms with Crippen molar-refractivity contribution in [3.8, 4) is 0 Å². The van der Waals surface area contributed by atoms with Crippen LogP contribution in [0.25, 0.3) is 0 Å². The summed E-state index contributed by atoms with van der Waals surface area (Å²) in [4.78, 5) is 23.0. The number of hydrogen-bond donors (Lipinski definition) is 2. The van der Waals surface area contributed by atoms with Gasteiger partial charge in [-0.05, 0) is 26.8 Å². The van der Waals surface area contributed by atoms with Crippen molar-refractivity contribution in [2.24, 2.45) is 0 Å². The van der Waals surface area contributed by atoms with Crippen molar-refractivity contribution >= 4 is 23.1 Å². The van der Waals surface area contributed by atoms with Gasteiger partial charge in [0.2, 0.25) is 5.91 Å². The van der Waals surface area contributed by atoms with Crippen LogP contribution in [-0.2, 0) is 15.7 Å². The average molecular weight is 387 g/mol. The molecule has 0 fully saturated rings. The first kappa shape index (κ1) is 21.4. The highest BCUT2D eigenvalue weighted by atomic mass is 16.6. The van der Waals surface area contributed by atoms with E-state index < -0.39 is 4.92 Å². The Kier molecular flexibility index (Phi) is 6.11. The molecule has 8 heteroatoms. The smallest absolute Gasteiger partial charge is 0.292 e. The molecule has 0 unspecified atom stereocenters. The minimum Gasteiger partial charge on any atom is -0.379 e. The zero-order valence-corrected chi connectivity index (χ0v) is 17.4. The van der Waals surface area contributed by atoms with Gasteiger partial charge in [0.25, 0.3) is 5.69 Å². The molecule has 2 aromatic rings. The van der Waals surface area contributed by atoms with E-state index in [1.165, 1.54) is 6.07 Å². The summed E-state index contributed by atoms with van der Waals surface area (Å²) in [6.45, 7) is 12.6. The number of benzene rings is 1. The van der Waals surface area contributed by atoms with E-state index in [4.69, 9.17) is 0 Å². The molecular weight excluding hydrogens is 358 g/mol. The monoisotopic (exact) mass is 387 g/mol. The van der Waals surface area contributed by atoms with Crippen LogP contribution in [0.5, 0.6) is 0 Å². The number of para-hydroxylation sites is 2. The molecule has 0 aliphatic rings. The molecule has 28 heavy (non-hydrogen) atoms. The fraction of sp³-hybridized carbons (Fsp3) is 0.500. The van der Waals surface area contributed by atoms with Crippen molar-refractivity contribution in [3.05, 3.63) is 46.1 Å². The fourth-order valence-corrected chi connectivity index (χ4v) is 2.65. The van der Waals surface area contributed by atoms with E-state index in [0.717, 1.165) is 5.69 Å². The number of carbonyl (C=O) groups excluding carboxylic acids is 1. The molecule has 1 amide bonds. The van der Waals surface area contributed by atoms with E-state index in [0.29, 0.717) is 11.5 Å². The third-order valence-corrected chi connectivity index (χ3v) is 4.15. The number of hydrogen-bond acceptors (Lipinski definition) is 5. The highest BCUT2D eigenvalue weighted by Gasteiger charge is 2.25. The zero-order chi connectivity index (χ0) is 21.1. The summed E-state index contributed by atoms with van der Waals surface area (Å²) in [6, 6.07) is 8.28. The van der Waals surface area contributed by atoms with Gasteiger partial charge in [-0.1, -0.05) is 32.9 Å². The van der Waals surface area contributed by atoms with Crippen LogP contribution in [0.2, 0.25) is 0 Å². The van der Waals surface area contributed by atoms with Crippen molar-refractivity contribution in [1.82, 2.24) is 9.78 Å². The van der Waals surface area contributed by atoms with E-state index >= 15 is 0 Å². The molecule has 1 heterocycles. The molecule has 8 nitrogen and oxygen atoms in total. The van der Waals surface area contributed by atoms with Crippen LogP contribution in [0.1, 0.15) is 53.7 Å². The molecule has 152 valence electrons. The topological polar surface area (TPSA) is 102 Å². The van der Waals surface area contributed by atoms with Gasteiger partial charge in [0, 0.05) is 30.5 Å². The third-order valence-electron chi connectivity index (χ3n) is 4.15. The highest BCUT2D eigenvalue weighted by molar-refractivity contribution is 5.90. The Balaban J connectivity index is 2.06. The van der Waals surface area contributed by atoms with Crippen LogP contribution >= 0.6 is 0 Å². The fourth-order valence-electron chi connectivity index (χ4n) is 2.65. The van der Waals surface area contributed by atoms with Gasteiger partial charge in [-0.25, -0.2) is 4.68 Å². The first-order valence-corrected chi connectivity index (χ1v) is 9.28. The molecule has 1 aromatic heterocycles. The van der Waals surface area contributed by atoms with E-state index in [9.17, 15) is 14.9 Å². The third kappa shape index (κ3) is 5.31. The number of nitrogens with zero attached hydrogens (tertiary/aromatic N) is 3. The average Bonchev–Trinajstić information content (AvgIpc) is 2.99. The molecule has 0 saturated carbocycles. The summed E-state index contributed by atoms with van der Waals surface area (Å²) in [6.07, 6.45) is 0.173. The van der Waals surface area contributed by atoms with Crippen molar-refractivity contribution < 1.29 is 9.72 Å². The van der Waals surface area contributed by atoms with Crippen LogP contribution in [-0.4, -0.2) is 27.2 Å². The van der Waals surface area contributed by atoms with E-state index in [1.807, 2.05) is 31.5 Å². The Morgan fingerprint density at radius 1 is 1.18 bits per heavy atom. The van der Waals surface area contributed by atoms with Crippen molar-refractivity contribution in [2.45, 2.75) is 58.9 Å². The van der Waals surface area contributed by atoms with Gasteiger partial charge in [-0.15, -0.1) is 0 Å². The van der Waals surface area contributed by atoms with Gasteiger partial charge >= 0.3 is 0 Å². The Hall–Kier alpha value is -2.90. The predicted molar refractivity (Wildman–Crippen MR) is 111 cm³/mol. The number of nitrogens with one attached hydrogen (secondary N) is 2. The van der Waals surface area contributed by atoms with Gasteiger partial charge in [0.15, 0.2) is 0 Å². The number of rotatable bonds is 6. The molecule has 0 spiro atoms. The molecule has 0 saturated heterocycles. The summed E-state index contributed by atoms with van der Waals surface area (Å²) < 4.78 is 1.82. The zero-order valence-electron chi connectivity index (χ0n) is 17.4. The van der Waals surface area contributed by atoms with Gasteiger partial charge < -0.3 is 10.6 Å². The molecule has 2 N–H and O–H groups in total. The van der Waals surface area contributed by atoms with Gasteiger partial charge in [-0.2, -0.15) is 5.10 Å². The van der Waals surface area contributed by atoms with E-state index in [1.54, 1.807) is 18.2 Å². The van der Waals surface area contributed by atoms with Crippen LogP contribution in [0.3, 0.4) is 0 Å². The molecular formula is C20H29N5O3. The second-order valence-electron chi connectivity index (χ2n) is 8.75. The largest absolute Gasteiger partial charge is 0.379 e. The molecule has 1 aromatic carbocycles. The Morgan fingerprint density at radius 3 is 2.39 bits per heavy atom. The Morgan fingerprint density at radius 2 is 1.82 bits per heavy atom. The van der Waals surface area contributed by atoms with Crippen molar-refractivity contribution in [1.29, 1.82) is 0 Å².